The van der Waals surface area contributed by atoms with E-state index in [0.29, 0.717) is 19.1 Å². The molecule has 0 atom stereocenters. The van der Waals surface area contributed by atoms with Gasteiger partial charge in [-0.25, -0.2) is 0 Å². The SMILES string of the molecule is Cc1ccc(C(C)C)c(OCC(=O)N2CCC(OCCCN)CC2)c1. The van der Waals surface area contributed by atoms with Crippen LogP contribution in [0.25, 0.3) is 0 Å². The summed E-state index contributed by atoms with van der Waals surface area (Å²) >= 11 is 0. The van der Waals surface area contributed by atoms with Gasteiger partial charge >= 0.3 is 0 Å². The minimum Gasteiger partial charge on any atom is -0.483 e. The lowest BCUT2D eigenvalue weighted by atomic mass is 10.0. The van der Waals surface area contributed by atoms with Crippen molar-refractivity contribution in [2.75, 3.05) is 32.8 Å². The third-order valence-electron chi connectivity index (χ3n) is 4.64. The van der Waals surface area contributed by atoms with Crippen molar-refractivity contribution in [1.29, 1.82) is 0 Å². The highest BCUT2D eigenvalue weighted by molar-refractivity contribution is 5.78. The summed E-state index contributed by atoms with van der Waals surface area (Å²) in [6.45, 7) is 9.25. The number of rotatable bonds is 8. The summed E-state index contributed by atoms with van der Waals surface area (Å²) in [5.41, 5.74) is 7.76. The molecule has 1 aliphatic heterocycles. The van der Waals surface area contributed by atoms with Crippen molar-refractivity contribution < 1.29 is 14.3 Å². The zero-order valence-corrected chi connectivity index (χ0v) is 15.8. The summed E-state index contributed by atoms with van der Waals surface area (Å²) in [5, 5.41) is 0. The predicted molar refractivity (Wildman–Crippen MR) is 100.0 cm³/mol. The van der Waals surface area contributed by atoms with E-state index >= 15 is 0 Å². The van der Waals surface area contributed by atoms with Crippen molar-refractivity contribution in [3.05, 3.63) is 29.3 Å². The van der Waals surface area contributed by atoms with Crippen molar-refractivity contribution in [2.45, 2.75) is 52.1 Å². The minimum atomic E-state index is 0.0524. The standard InChI is InChI=1S/C20H32N2O3/c1-15(2)18-6-5-16(3)13-19(18)25-14-20(23)22-10-7-17(8-11-22)24-12-4-9-21/h5-6,13,15,17H,4,7-12,14,21H2,1-3H3. The third-order valence-corrected chi connectivity index (χ3v) is 4.64. The molecule has 0 aromatic heterocycles. The van der Waals surface area contributed by atoms with Gasteiger partial charge in [0.1, 0.15) is 5.75 Å². The molecule has 1 amide bonds. The van der Waals surface area contributed by atoms with Crippen LogP contribution in [0.4, 0.5) is 0 Å². The van der Waals surface area contributed by atoms with E-state index in [1.165, 1.54) is 0 Å². The second-order valence-corrected chi connectivity index (χ2v) is 7.08. The zero-order valence-electron chi connectivity index (χ0n) is 15.8. The fourth-order valence-electron chi connectivity index (χ4n) is 3.08. The second-order valence-electron chi connectivity index (χ2n) is 7.08. The molecule has 0 spiro atoms. The first-order valence-corrected chi connectivity index (χ1v) is 9.34. The van der Waals surface area contributed by atoms with E-state index in [2.05, 4.69) is 26.0 Å². The van der Waals surface area contributed by atoms with Crippen LogP contribution in [-0.4, -0.2) is 49.8 Å². The molecule has 1 aromatic carbocycles. The van der Waals surface area contributed by atoms with Crippen molar-refractivity contribution >= 4 is 5.91 Å². The van der Waals surface area contributed by atoms with Crippen molar-refractivity contribution in [1.82, 2.24) is 4.90 Å². The van der Waals surface area contributed by atoms with E-state index < -0.39 is 0 Å². The Kier molecular flexibility index (Phi) is 7.72. The smallest absolute Gasteiger partial charge is 0.260 e. The summed E-state index contributed by atoms with van der Waals surface area (Å²) in [4.78, 5) is 14.3. The average molecular weight is 348 g/mol. The monoisotopic (exact) mass is 348 g/mol. The molecule has 1 saturated heterocycles. The Morgan fingerprint density at radius 3 is 2.68 bits per heavy atom. The highest BCUT2D eigenvalue weighted by Crippen LogP contribution is 2.27. The van der Waals surface area contributed by atoms with Gasteiger partial charge in [-0.3, -0.25) is 4.79 Å². The summed E-state index contributed by atoms with van der Waals surface area (Å²) in [5.74, 6) is 1.24. The fraction of sp³-hybridized carbons (Fsp3) is 0.650. The lowest BCUT2D eigenvalue weighted by Gasteiger charge is -2.32. The highest BCUT2D eigenvalue weighted by Gasteiger charge is 2.23. The maximum atomic E-state index is 12.4. The number of hydrogen-bond acceptors (Lipinski definition) is 4. The van der Waals surface area contributed by atoms with E-state index in [0.717, 1.165) is 49.2 Å². The Morgan fingerprint density at radius 2 is 2.04 bits per heavy atom. The van der Waals surface area contributed by atoms with Crippen LogP contribution < -0.4 is 10.5 Å². The number of piperidine rings is 1. The molecule has 2 rings (SSSR count). The molecular formula is C20H32N2O3. The third kappa shape index (κ3) is 6.01. The van der Waals surface area contributed by atoms with E-state index in [1.807, 2.05) is 17.9 Å². The quantitative estimate of drug-likeness (QED) is 0.734. The lowest BCUT2D eigenvalue weighted by Crippen LogP contribution is -2.43. The van der Waals surface area contributed by atoms with Crippen molar-refractivity contribution in [3.8, 4) is 5.75 Å². The van der Waals surface area contributed by atoms with Gasteiger partial charge < -0.3 is 20.1 Å². The molecule has 0 saturated carbocycles. The van der Waals surface area contributed by atoms with Crippen LogP contribution in [0.3, 0.4) is 0 Å². The molecular weight excluding hydrogens is 316 g/mol. The molecule has 1 heterocycles. The lowest BCUT2D eigenvalue weighted by molar-refractivity contribution is -0.136. The average Bonchev–Trinajstić information content (AvgIpc) is 2.60. The van der Waals surface area contributed by atoms with Gasteiger partial charge in [0.15, 0.2) is 6.61 Å². The van der Waals surface area contributed by atoms with E-state index in [4.69, 9.17) is 15.2 Å². The molecule has 1 aromatic rings. The van der Waals surface area contributed by atoms with Gasteiger partial charge in [0, 0.05) is 19.7 Å². The molecule has 25 heavy (non-hydrogen) atoms. The molecule has 140 valence electrons. The number of ether oxygens (including phenoxy) is 2. The predicted octanol–water partition coefficient (Wildman–Crippen LogP) is 2.85. The Labute approximate surface area is 151 Å². The number of amides is 1. The van der Waals surface area contributed by atoms with Crippen LogP contribution in [0.2, 0.25) is 0 Å². The maximum Gasteiger partial charge on any atom is 0.260 e. The summed E-state index contributed by atoms with van der Waals surface area (Å²) < 4.78 is 11.7. The van der Waals surface area contributed by atoms with Crippen LogP contribution in [0.1, 0.15) is 50.2 Å². The Balaban J connectivity index is 1.81. The second kappa shape index (κ2) is 9.78. The highest BCUT2D eigenvalue weighted by atomic mass is 16.5. The van der Waals surface area contributed by atoms with Crippen LogP contribution >= 0.6 is 0 Å². The zero-order chi connectivity index (χ0) is 18.2. The number of benzene rings is 1. The summed E-state index contributed by atoms with van der Waals surface area (Å²) in [7, 11) is 0. The Bertz CT molecular complexity index is 552. The van der Waals surface area contributed by atoms with Crippen LogP contribution in [0.15, 0.2) is 18.2 Å². The van der Waals surface area contributed by atoms with Gasteiger partial charge in [-0.15, -0.1) is 0 Å². The summed E-state index contributed by atoms with van der Waals surface area (Å²) in [6.07, 6.45) is 2.92. The molecule has 1 aliphatic rings. The maximum absolute atomic E-state index is 12.4. The molecule has 5 heteroatoms. The van der Waals surface area contributed by atoms with E-state index in [-0.39, 0.29) is 18.6 Å². The van der Waals surface area contributed by atoms with Crippen LogP contribution in [0, 0.1) is 6.92 Å². The number of nitrogens with zero attached hydrogens (tertiary/aromatic N) is 1. The first-order chi connectivity index (χ1) is 12.0. The Hall–Kier alpha value is -1.59. The molecule has 0 radical (unpaired) electrons. The van der Waals surface area contributed by atoms with Gasteiger partial charge in [0.05, 0.1) is 6.10 Å². The molecule has 2 N–H and O–H groups in total. The molecule has 5 nitrogen and oxygen atoms in total. The van der Waals surface area contributed by atoms with E-state index in [1.54, 1.807) is 0 Å². The topological polar surface area (TPSA) is 64.8 Å². The first kappa shape index (κ1) is 19.7. The van der Waals surface area contributed by atoms with E-state index in [9.17, 15) is 4.79 Å². The van der Waals surface area contributed by atoms with Gasteiger partial charge in [-0.2, -0.15) is 0 Å². The minimum absolute atomic E-state index is 0.0524. The number of hydrogen-bond donors (Lipinski definition) is 1. The molecule has 0 unspecified atom stereocenters. The van der Waals surface area contributed by atoms with Gasteiger partial charge in [0.25, 0.3) is 5.91 Å². The van der Waals surface area contributed by atoms with Crippen molar-refractivity contribution in [2.24, 2.45) is 5.73 Å². The van der Waals surface area contributed by atoms with Gasteiger partial charge in [-0.05, 0) is 55.8 Å². The number of nitrogens with two attached hydrogens (primary N) is 1. The molecule has 0 bridgehead atoms. The van der Waals surface area contributed by atoms with Crippen molar-refractivity contribution in [3.63, 3.8) is 0 Å². The number of aryl methyl sites for hydroxylation is 1. The van der Waals surface area contributed by atoms with Crippen LogP contribution in [0.5, 0.6) is 5.75 Å². The Morgan fingerprint density at radius 1 is 1.32 bits per heavy atom. The number of likely N-dealkylation sites (tertiary alicyclic amines) is 1. The number of carbonyl (C=O) groups is 1. The number of carbonyl (C=O) groups excluding carboxylic acids is 1. The van der Waals surface area contributed by atoms with Gasteiger partial charge in [-0.1, -0.05) is 26.0 Å². The normalized spacial score (nSPS) is 15.6. The largest absolute Gasteiger partial charge is 0.483 e. The first-order valence-electron chi connectivity index (χ1n) is 9.34. The molecule has 1 fully saturated rings. The van der Waals surface area contributed by atoms with Gasteiger partial charge in [0.2, 0.25) is 0 Å². The summed E-state index contributed by atoms with van der Waals surface area (Å²) in [6, 6.07) is 6.18. The fourth-order valence-corrected chi connectivity index (χ4v) is 3.08. The molecule has 0 aliphatic carbocycles. The van der Waals surface area contributed by atoms with Crippen LogP contribution in [-0.2, 0) is 9.53 Å².